The monoisotopic (exact) mass is 323 g/mol. The molecule has 0 spiro atoms. The second-order valence-corrected chi connectivity index (χ2v) is 7.27. The van der Waals surface area contributed by atoms with Crippen LogP contribution in [0.5, 0.6) is 0 Å². The highest BCUT2D eigenvalue weighted by Crippen LogP contribution is 2.46. The van der Waals surface area contributed by atoms with Gasteiger partial charge in [0.1, 0.15) is 6.10 Å². The van der Waals surface area contributed by atoms with E-state index in [0.29, 0.717) is 0 Å². The van der Waals surface area contributed by atoms with Crippen LogP contribution in [0.1, 0.15) is 50.0 Å². The third-order valence-electron chi connectivity index (χ3n) is 5.10. The van der Waals surface area contributed by atoms with Crippen LogP contribution in [0.15, 0.2) is 42.5 Å². The van der Waals surface area contributed by atoms with Gasteiger partial charge in [-0.15, -0.1) is 0 Å². The van der Waals surface area contributed by atoms with Crippen LogP contribution in [0, 0.1) is 5.41 Å². The molecule has 1 amide bonds. The van der Waals surface area contributed by atoms with Crippen LogP contribution in [0.4, 0.5) is 4.79 Å². The summed E-state index contributed by atoms with van der Waals surface area (Å²) in [6.07, 6.45) is 2.01. The molecule has 2 aromatic carbocycles. The van der Waals surface area contributed by atoms with E-state index < -0.39 is 6.09 Å². The molecule has 0 radical (unpaired) electrons. The van der Waals surface area contributed by atoms with E-state index >= 15 is 0 Å². The van der Waals surface area contributed by atoms with Crippen LogP contribution in [-0.2, 0) is 17.6 Å². The molecule has 126 valence electrons. The minimum Gasteiger partial charge on any atom is -0.441 e. The van der Waals surface area contributed by atoms with E-state index in [2.05, 4.69) is 63.2 Å². The fraction of sp³-hybridized carbons (Fsp3) is 0.381. The molecule has 0 saturated heterocycles. The number of benzene rings is 2. The number of hydrogen-bond donors (Lipinski definition) is 1. The smallest absolute Gasteiger partial charge is 0.405 e. The third kappa shape index (κ3) is 3.16. The van der Waals surface area contributed by atoms with Crippen molar-refractivity contribution in [1.29, 1.82) is 0 Å². The van der Waals surface area contributed by atoms with E-state index in [-0.39, 0.29) is 11.5 Å². The van der Waals surface area contributed by atoms with Crippen LogP contribution in [0.2, 0.25) is 0 Å². The highest BCUT2D eigenvalue weighted by molar-refractivity contribution is 5.67. The minimum absolute atomic E-state index is 0.105. The molecule has 0 fully saturated rings. The zero-order valence-electron chi connectivity index (χ0n) is 14.6. The molecule has 0 saturated carbocycles. The molecule has 2 N–H and O–H groups in total. The molecule has 1 atom stereocenters. The van der Waals surface area contributed by atoms with Crippen LogP contribution in [-0.4, -0.2) is 6.09 Å². The molecule has 1 aliphatic carbocycles. The molecule has 2 aromatic rings. The molecule has 24 heavy (non-hydrogen) atoms. The molecular weight excluding hydrogens is 298 g/mol. The highest BCUT2D eigenvalue weighted by atomic mass is 16.6. The van der Waals surface area contributed by atoms with E-state index in [1.807, 2.05) is 0 Å². The Kier molecular flexibility index (Phi) is 4.35. The summed E-state index contributed by atoms with van der Waals surface area (Å²) in [4.78, 5) is 11.3. The number of hydrogen-bond acceptors (Lipinski definition) is 2. The fourth-order valence-electron chi connectivity index (χ4n) is 3.54. The van der Waals surface area contributed by atoms with Gasteiger partial charge in [-0.2, -0.15) is 0 Å². The van der Waals surface area contributed by atoms with Gasteiger partial charge in [0.25, 0.3) is 0 Å². The Balaban J connectivity index is 1.97. The first-order valence-electron chi connectivity index (χ1n) is 8.59. The predicted molar refractivity (Wildman–Crippen MR) is 96.8 cm³/mol. The molecule has 0 bridgehead atoms. The number of ether oxygens (including phenoxy) is 1. The molecule has 0 aromatic heterocycles. The van der Waals surface area contributed by atoms with Crippen molar-refractivity contribution in [2.75, 3.05) is 0 Å². The second-order valence-electron chi connectivity index (χ2n) is 7.27. The summed E-state index contributed by atoms with van der Waals surface area (Å²) < 4.78 is 5.45. The highest BCUT2D eigenvalue weighted by Gasteiger charge is 2.38. The van der Waals surface area contributed by atoms with E-state index in [1.54, 1.807) is 0 Å². The maximum atomic E-state index is 11.3. The lowest BCUT2D eigenvalue weighted by Crippen LogP contribution is -2.33. The fourth-order valence-corrected chi connectivity index (χ4v) is 3.54. The molecule has 0 aliphatic heterocycles. The third-order valence-corrected chi connectivity index (χ3v) is 5.10. The Morgan fingerprint density at radius 3 is 2.46 bits per heavy atom. The number of fused-ring (bicyclic) bond motifs is 1. The summed E-state index contributed by atoms with van der Waals surface area (Å²) in [5, 5.41) is 0. The Hall–Kier alpha value is -2.29. The van der Waals surface area contributed by atoms with Crippen LogP contribution < -0.4 is 5.73 Å². The summed E-state index contributed by atoms with van der Waals surface area (Å²) in [5.74, 6) is 0. The maximum absolute atomic E-state index is 11.3. The van der Waals surface area contributed by atoms with Gasteiger partial charge in [0.2, 0.25) is 0 Å². The zero-order valence-corrected chi connectivity index (χ0v) is 14.6. The van der Waals surface area contributed by atoms with Gasteiger partial charge in [0.05, 0.1) is 0 Å². The molecule has 3 heteroatoms. The first-order chi connectivity index (χ1) is 11.4. The number of nitrogens with two attached hydrogens (primary N) is 1. The molecule has 1 aliphatic rings. The molecule has 3 nitrogen and oxygen atoms in total. The Bertz CT molecular complexity index is 747. The summed E-state index contributed by atoms with van der Waals surface area (Å²) in [7, 11) is 0. The number of carbonyl (C=O) groups is 1. The number of aryl methyl sites for hydroxylation is 2. The summed E-state index contributed by atoms with van der Waals surface area (Å²) >= 11 is 0. The number of rotatable bonds is 3. The van der Waals surface area contributed by atoms with Gasteiger partial charge < -0.3 is 10.5 Å². The quantitative estimate of drug-likeness (QED) is 0.861. The normalized spacial score (nSPS) is 18.7. The standard InChI is InChI=1S/C21H25NO2/c1-4-14-5-7-15(8-6-14)16-9-10-18-17(13-16)11-12-21(2,3)19(18)24-20(22)23/h5-10,13,19H,4,11-12H2,1-3H3,(H2,22,23)/t19-/m0/s1. The van der Waals surface area contributed by atoms with E-state index in [9.17, 15) is 4.79 Å². The van der Waals surface area contributed by atoms with E-state index in [4.69, 9.17) is 10.5 Å². The second kappa shape index (κ2) is 6.31. The average molecular weight is 323 g/mol. The van der Waals surface area contributed by atoms with Crippen molar-refractivity contribution in [1.82, 2.24) is 0 Å². The van der Waals surface area contributed by atoms with Crippen LogP contribution in [0.25, 0.3) is 11.1 Å². The SMILES string of the molecule is CCc1ccc(-c2ccc3c(c2)CCC(C)(C)[C@H]3OC(N)=O)cc1. The first-order valence-corrected chi connectivity index (χ1v) is 8.59. The Labute approximate surface area is 143 Å². The molecular formula is C21H25NO2. The van der Waals surface area contributed by atoms with Gasteiger partial charge in [-0.1, -0.05) is 63.2 Å². The van der Waals surface area contributed by atoms with E-state index in [1.165, 1.54) is 22.3 Å². The topological polar surface area (TPSA) is 52.3 Å². The van der Waals surface area contributed by atoms with Gasteiger partial charge in [-0.25, -0.2) is 4.79 Å². The van der Waals surface area contributed by atoms with Crippen molar-refractivity contribution in [2.24, 2.45) is 11.1 Å². The zero-order chi connectivity index (χ0) is 17.3. The van der Waals surface area contributed by atoms with Crippen molar-refractivity contribution < 1.29 is 9.53 Å². The summed E-state index contributed by atoms with van der Waals surface area (Å²) in [6, 6.07) is 15.1. The number of primary amides is 1. The number of carbonyl (C=O) groups excluding carboxylic acids is 1. The van der Waals surface area contributed by atoms with Crippen molar-refractivity contribution in [2.45, 2.75) is 46.1 Å². The van der Waals surface area contributed by atoms with Gasteiger partial charge in [-0.3, -0.25) is 0 Å². The van der Waals surface area contributed by atoms with Crippen LogP contribution in [0.3, 0.4) is 0 Å². The van der Waals surface area contributed by atoms with Crippen molar-refractivity contribution in [3.63, 3.8) is 0 Å². The predicted octanol–water partition coefficient (Wildman–Crippen LogP) is 5.02. The maximum Gasteiger partial charge on any atom is 0.405 e. The minimum atomic E-state index is -0.708. The lowest BCUT2D eigenvalue weighted by Gasteiger charge is -2.39. The summed E-state index contributed by atoms with van der Waals surface area (Å²) in [6.45, 7) is 6.41. The van der Waals surface area contributed by atoms with Crippen molar-refractivity contribution in [3.05, 3.63) is 59.2 Å². The van der Waals surface area contributed by atoms with E-state index in [0.717, 1.165) is 24.8 Å². The van der Waals surface area contributed by atoms with Crippen molar-refractivity contribution >= 4 is 6.09 Å². The van der Waals surface area contributed by atoms with Crippen molar-refractivity contribution in [3.8, 4) is 11.1 Å². The lowest BCUT2D eigenvalue weighted by molar-refractivity contribution is 0.0147. The molecule has 0 unspecified atom stereocenters. The Morgan fingerprint density at radius 2 is 1.83 bits per heavy atom. The Morgan fingerprint density at radius 1 is 1.17 bits per heavy atom. The summed E-state index contributed by atoms with van der Waals surface area (Å²) in [5.41, 5.74) is 11.3. The molecule has 3 rings (SSSR count). The first kappa shape index (κ1) is 16.6. The lowest BCUT2D eigenvalue weighted by atomic mass is 9.71. The van der Waals surface area contributed by atoms with Gasteiger partial charge in [0, 0.05) is 5.41 Å². The van der Waals surface area contributed by atoms with Gasteiger partial charge in [-0.05, 0) is 47.1 Å². The number of amides is 1. The van der Waals surface area contributed by atoms with Gasteiger partial charge >= 0.3 is 6.09 Å². The van der Waals surface area contributed by atoms with Gasteiger partial charge in [0.15, 0.2) is 0 Å². The average Bonchev–Trinajstić information content (AvgIpc) is 2.57. The largest absolute Gasteiger partial charge is 0.441 e. The molecule has 0 heterocycles. The van der Waals surface area contributed by atoms with Crippen LogP contribution >= 0.6 is 0 Å².